The molecule has 0 atom stereocenters. The average Bonchev–Trinajstić information content (AvgIpc) is 2.67. The molecule has 17 heavy (non-hydrogen) atoms. The van der Waals surface area contributed by atoms with E-state index in [0.29, 0.717) is 19.6 Å². The second kappa shape index (κ2) is 4.40. The van der Waals surface area contributed by atoms with Gasteiger partial charge in [-0.3, -0.25) is 4.79 Å². The molecule has 92 valence electrons. The number of fused-ring (bicyclic) bond motifs is 1. The van der Waals surface area contributed by atoms with Crippen molar-refractivity contribution in [2.24, 2.45) is 0 Å². The van der Waals surface area contributed by atoms with Gasteiger partial charge < -0.3 is 19.9 Å². The van der Waals surface area contributed by atoms with Gasteiger partial charge in [0.15, 0.2) is 5.82 Å². The third-order valence-corrected chi connectivity index (χ3v) is 2.68. The van der Waals surface area contributed by atoms with E-state index in [1.165, 1.54) is 0 Å². The van der Waals surface area contributed by atoms with Crippen LogP contribution < -0.4 is 5.32 Å². The smallest absolute Gasteiger partial charge is 0.405 e. The van der Waals surface area contributed by atoms with E-state index in [1.54, 1.807) is 4.90 Å². The Hall–Kier alpha value is -2.12. The summed E-state index contributed by atoms with van der Waals surface area (Å²) in [6, 6.07) is 0. The second-order valence-corrected chi connectivity index (χ2v) is 3.79. The molecule has 0 bridgehead atoms. The molecule has 1 aromatic heterocycles. The molecule has 0 radical (unpaired) electrons. The summed E-state index contributed by atoms with van der Waals surface area (Å²) in [5.74, 6) is 1.31. The number of carbonyl (C=O) groups is 2. The van der Waals surface area contributed by atoms with Crippen LogP contribution in [0.3, 0.4) is 0 Å². The number of aryl methyl sites for hydroxylation is 1. The summed E-state index contributed by atoms with van der Waals surface area (Å²) in [5.41, 5.74) is 0. The van der Waals surface area contributed by atoms with Crippen LogP contribution >= 0.6 is 0 Å². The van der Waals surface area contributed by atoms with E-state index in [4.69, 9.17) is 5.11 Å². The van der Waals surface area contributed by atoms with E-state index < -0.39 is 6.09 Å². The van der Waals surface area contributed by atoms with Gasteiger partial charge in [0, 0.05) is 13.1 Å². The Labute approximate surface area is 97.2 Å². The first-order chi connectivity index (χ1) is 8.08. The quantitative estimate of drug-likeness (QED) is 0.703. The van der Waals surface area contributed by atoms with E-state index in [0.717, 1.165) is 11.6 Å². The number of carboxylic acid groups (broad SMARTS) is 1. The molecule has 0 saturated heterocycles. The monoisotopic (exact) mass is 239 g/mol. The predicted molar refractivity (Wildman–Crippen MR) is 56.2 cm³/mol. The van der Waals surface area contributed by atoms with Crippen molar-refractivity contribution in [2.75, 3.05) is 13.1 Å². The lowest BCUT2D eigenvalue weighted by Gasteiger charge is -2.27. The molecule has 0 aliphatic carbocycles. The minimum Gasteiger partial charge on any atom is -0.465 e. The van der Waals surface area contributed by atoms with Crippen molar-refractivity contribution >= 4 is 12.0 Å². The zero-order chi connectivity index (χ0) is 12.4. The van der Waals surface area contributed by atoms with Gasteiger partial charge in [0.2, 0.25) is 5.91 Å². The molecule has 2 amide bonds. The maximum atomic E-state index is 11.7. The molecule has 8 nitrogen and oxygen atoms in total. The summed E-state index contributed by atoms with van der Waals surface area (Å²) in [6.07, 6.45) is -1.20. The molecule has 2 heterocycles. The van der Waals surface area contributed by atoms with Crippen LogP contribution in [0.1, 0.15) is 11.6 Å². The molecule has 1 aliphatic rings. The number of nitrogens with one attached hydrogen (secondary N) is 1. The standard InChI is InChI=1S/C9H13N5O3/c1-6-11-12-7-5-13(2-3-14(6)7)8(15)4-10-9(16)17/h10H,2-5H2,1H3,(H,16,17). The third-order valence-electron chi connectivity index (χ3n) is 2.68. The lowest BCUT2D eigenvalue weighted by Crippen LogP contribution is -2.43. The molecule has 0 saturated carbocycles. The van der Waals surface area contributed by atoms with Crippen LogP contribution in [0.25, 0.3) is 0 Å². The van der Waals surface area contributed by atoms with Gasteiger partial charge in [0.25, 0.3) is 0 Å². The lowest BCUT2D eigenvalue weighted by atomic mass is 10.3. The Morgan fingerprint density at radius 2 is 2.18 bits per heavy atom. The topological polar surface area (TPSA) is 100 Å². The average molecular weight is 239 g/mol. The minimum absolute atomic E-state index is 0.206. The Morgan fingerprint density at radius 1 is 1.41 bits per heavy atom. The van der Waals surface area contributed by atoms with E-state index in [9.17, 15) is 9.59 Å². The molecular formula is C9H13N5O3. The molecule has 1 aromatic rings. The first-order valence-electron chi connectivity index (χ1n) is 5.21. The summed E-state index contributed by atoms with van der Waals surface area (Å²) in [5, 5.41) is 18.4. The number of hydrogen-bond acceptors (Lipinski definition) is 4. The Kier molecular flexibility index (Phi) is 2.94. The zero-order valence-electron chi connectivity index (χ0n) is 9.38. The van der Waals surface area contributed by atoms with Crippen LogP contribution in [0.15, 0.2) is 0 Å². The highest BCUT2D eigenvalue weighted by molar-refractivity contribution is 5.81. The minimum atomic E-state index is -1.20. The Bertz CT molecular complexity index is 455. The molecule has 2 rings (SSSR count). The van der Waals surface area contributed by atoms with Gasteiger partial charge in [-0.05, 0) is 6.92 Å². The number of rotatable bonds is 2. The summed E-state index contributed by atoms with van der Waals surface area (Å²) >= 11 is 0. The molecule has 0 unspecified atom stereocenters. The highest BCUT2D eigenvalue weighted by Crippen LogP contribution is 2.11. The van der Waals surface area contributed by atoms with Gasteiger partial charge in [-0.15, -0.1) is 10.2 Å². The zero-order valence-corrected chi connectivity index (χ0v) is 9.38. The van der Waals surface area contributed by atoms with Gasteiger partial charge in [-0.2, -0.15) is 0 Å². The van der Waals surface area contributed by atoms with E-state index in [1.807, 2.05) is 11.5 Å². The van der Waals surface area contributed by atoms with E-state index >= 15 is 0 Å². The van der Waals surface area contributed by atoms with Crippen molar-refractivity contribution in [1.82, 2.24) is 25.0 Å². The highest BCUT2D eigenvalue weighted by atomic mass is 16.4. The Balaban J connectivity index is 1.98. The number of hydrogen-bond donors (Lipinski definition) is 2. The summed E-state index contributed by atoms with van der Waals surface area (Å²) in [6.45, 7) is 3.22. The van der Waals surface area contributed by atoms with Crippen LogP contribution in [0.2, 0.25) is 0 Å². The fourth-order valence-corrected chi connectivity index (χ4v) is 1.78. The summed E-state index contributed by atoms with van der Waals surface area (Å²) < 4.78 is 1.95. The normalized spacial score (nSPS) is 14.3. The fraction of sp³-hybridized carbons (Fsp3) is 0.556. The van der Waals surface area contributed by atoms with Crippen molar-refractivity contribution < 1.29 is 14.7 Å². The molecule has 1 aliphatic heterocycles. The second-order valence-electron chi connectivity index (χ2n) is 3.79. The van der Waals surface area contributed by atoms with Crippen LogP contribution in [0.4, 0.5) is 4.79 Å². The van der Waals surface area contributed by atoms with Gasteiger partial charge in [-0.1, -0.05) is 0 Å². The van der Waals surface area contributed by atoms with Crippen LogP contribution in [0, 0.1) is 6.92 Å². The van der Waals surface area contributed by atoms with Crippen molar-refractivity contribution in [1.29, 1.82) is 0 Å². The molecule has 8 heteroatoms. The van der Waals surface area contributed by atoms with Gasteiger partial charge >= 0.3 is 6.09 Å². The molecule has 0 aromatic carbocycles. The van der Waals surface area contributed by atoms with Crippen LogP contribution in [0.5, 0.6) is 0 Å². The number of carbonyl (C=O) groups excluding carboxylic acids is 1. The number of aromatic nitrogens is 3. The van der Waals surface area contributed by atoms with Gasteiger partial charge in [0.05, 0.1) is 6.54 Å². The van der Waals surface area contributed by atoms with Crippen molar-refractivity contribution in [3.8, 4) is 0 Å². The van der Waals surface area contributed by atoms with Gasteiger partial charge in [-0.25, -0.2) is 4.79 Å². The number of amides is 2. The van der Waals surface area contributed by atoms with Gasteiger partial charge in [0.1, 0.15) is 12.4 Å². The largest absolute Gasteiger partial charge is 0.465 e. The fourth-order valence-electron chi connectivity index (χ4n) is 1.78. The van der Waals surface area contributed by atoms with Crippen molar-refractivity contribution in [3.05, 3.63) is 11.6 Å². The van der Waals surface area contributed by atoms with Crippen molar-refractivity contribution in [2.45, 2.75) is 20.0 Å². The first kappa shape index (κ1) is 11.4. The first-order valence-corrected chi connectivity index (χ1v) is 5.21. The highest BCUT2D eigenvalue weighted by Gasteiger charge is 2.23. The summed E-state index contributed by atoms with van der Waals surface area (Å²) in [7, 11) is 0. The third kappa shape index (κ3) is 2.35. The number of nitrogens with zero attached hydrogens (tertiary/aromatic N) is 4. The molecule has 2 N–H and O–H groups in total. The molecule has 0 fully saturated rings. The Morgan fingerprint density at radius 3 is 2.88 bits per heavy atom. The van der Waals surface area contributed by atoms with Crippen LogP contribution in [-0.2, 0) is 17.9 Å². The predicted octanol–water partition coefficient (Wildman–Crippen LogP) is -0.804. The maximum absolute atomic E-state index is 11.7. The SMILES string of the molecule is Cc1nnc2n1CCN(C(=O)CNC(=O)O)C2. The van der Waals surface area contributed by atoms with Crippen molar-refractivity contribution in [3.63, 3.8) is 0 Å². The molecular weight excluding hydrogens is 226 g/mol. The van der Waals surface area contributed by atoms with Crippen LogP contribution in [-0.4, -0.2) is 49.9 Å². The maximum Gasteiger partial charge on any atom is 0.405 e. The van der Waals surface area contributed by atoms with E-state index in [-0.39, 0.29) is 12.5 Å². The lowest BCUT2D eigenvalue weighted by molar-refractivity contribution is -0.131. The van der Waals surface area contributed by atoms with E-state index in [2.05, 4.69) is 15.5 Å². The summed E-state index contributed by atoms with van der Waals surface area (Å²) in [4.78, 5) is 23.5. The molecule has 0 spiro atoms.